The van der Waals surface area contributed by atoms with Crippen LogP contribution in [0.4, 0.5) is 18.0 Å². The molecule has 1 aromatic rings. The van der Waals surface area contributed by atoms with Gasteiger partial charge in [-0.2, -0.15) is 13.2 Å². The number of nitrogens with zero attached hydrogens (tertiary/aromatic N) is 1. The molecule has 0 saturated carbocycles. The summed E-state index contributed by atoms with van der Waals surface area (Å²) in [6.45, 7) is 5.20. The van der Waals surface area contributed by atoms with Crippen LogP contribution in [0.3, 0.4) is 0 Å². The van der Waals surface area contributed by atoms with Crippen molar-refractivity contribution < 1.29 is 27.4 Å². The van der Waals surface area contributed by atoms with Crippen LogP contribution in [0.5, 0.6) is 5.75 Å². The summed E-state index contributed by atoms with van der Waals surface area (Å²) in [7, 11) is 1.49. The molecule has 0 unspecified atom stereocenters. The summed E-state index contributed by atoms with van der Waals surface area (Å²) >= 11 is 3.00. The highest BCUT2D eigenvalue weighted by atomic mass is 79.9. The van der Waals surface area contributed by atoms with Crippen molar-refractivity contribution in [2.45, 2.75) is 32.5 Å². The smallest absolute Gasteiger partial charge is 0.420 e. The lowest BCUT2D eigenvalue weighted by molar-refractivity contribution is -0.139. The number of hydrogen-bond donors (Lipinski definition) is 0. The van der Waals surface area contributed by atoms with E-state index in [2.05, 4.69) is 15.9 Å². The van der Waals surface area contributed by atoms with Crippen molar-refractivity contribution in [1.29, 1.82) is 0 Å². The molecule has 1 amide bonds. The highest BCUT2D eigenvalue weighted by molar-refractivity contribution is 9.10. The summed E-state index contributed by atoms with van der Waals surface area (Å²) in [4.78, 5) is 13.0. The Morgan fingerprint density at radius 1 is 1.26 bits per heavy atom. The van der Waals surface area contributed by atoms with E-state index in [-0.39, 0.29) is 18.9 Å². The molecule has 0 aromatic heterocycles. The summed E-state index contributed by atoms with van der Waals surface area (Å²) in [5.41, 5.74) is -1.51. The Hall–Kier alpha value is -1.44. The third-order valence-electron chi connectivity index (χ3n) is 2.64. The molecule has 0 fully saturated rings. The molecule has 0 aliphatic carbocycles. The van der Waals surface area contributed by atoms with E-state index in [1.165, 1.54) is 24.1 Å². The van der Waals surface area contributed by atoms with Crippen molar-refractivity contribution in [2.24, 2.45) is 0 Å². The van der Waals surface area contributed by atoms with Crippen molar-refractivity contribution in [2.75, 3.05) is 20.2 Å². The number of rotatable bonds is 4. The second-order valence-corrected chi connectivity index (χ2v) is 6.80. The van der Waals surface area contributed by atoms with E-state index in [9.17, 15) is 18.0 Å². The molecule has 1 aromatic carbocycles. The molecule has 130 valence electrons. The molecular weight excluding hydrogens is 379 g/mol. The first-order valence-corrected chi connectivity index (χ1v) is 7.63. The Bertz CT molecular complexity index is 556. The van der Waals surface area contributed by atoms with Crippen LogP contribution in [0, 0.1) is 0 Å². The van der Waals surface area contributed by atoms with Gasteiger partial charge in [-0.15, -0.1) is 0 Å². The molecule has 0 aliphatic rings. The van der Waals surface area contributed by atoms with Crippen molar-refractivity contribution in [3.05, 3.63) is 28.2 Å². The molecule has 1 rings (SSSR count). The van der Waals surface area contributed by atoms with Crippen LogP contribution in [0.2, 0.25) is 0 Å². The van der Waals surface area contributed by atoms with Crippen LogP contribution in [-0.2, 0) is 10.9 Å². The number of carbonyl (C=O) groups is 1. The van der Waals surface area contributed by atoms with Gasteiger partial charge in [-0.1, -0.05) is 15.9 Å². The summed E-state index contributed by atoms with van der Waals surface area (Å²) in [6, 6.07) is 3.65. The van der Waals surface area contributed by atoms with Crippen LogP contribution < -0.4 is 4.74 Å². The highest BCUT2D eigenvalue weighted by Gasteiger charge is 2.34. The van der Waals surface area contributed by atoms with E-state index in [0.717, 1.165) is 6.07 Å². The van der Waals surface area contributed by atoms with Crippen molar-refractivity contribution in [1.82, 2.24) is 4.90 Å². The van der Waals surface area contributed by atoms with Crippen LogP contribution >= 0.6 is 15.9 Å². The summed E-state index contributed by atoms with van der Waals surface area (Å²) in [5, 5.41) is 0. The van der Waals surface area contributed by atoms with Gasteiger partial charge < -0.3 is 14.4 Å². The zero-order valence-corrected chi connectivity index (χ0v) is 14.9. The monoisotopic (exact) mass is 397 g/mol. The normalized spacial score (nSPS) is 12.0. The van der Waals surface area contributed by atoms with Gasteiger partial charge in [0, 0.05) is 11.5 Å². The van der Waals surface area contributed by atoms with Gasteiger partial charge in [0.2, 0.25) is 0 Å². The number of amides is 1. The van der Waals surface area contributed by atoms with Gasteiger partial charge in [0.05, 0.1) is 12.1 Å². The Morgan fingerprint density at radius 2 is 1.87 bits per heavy atom. The maximum absolute atomic E-state index is 12.9. The molecule has 0 N–H and O–H groups in total. The van der Waals surface area contributed by atoms with Crippen molar-refractivity contribution in [3.63, 3.8) is 0 Å². The minimum atomic E-state index is -4.52. The lowest BCUT2D eigenvalue weighted by Crippen LogP contribution is -2.36. The van der Waals surface area contributed by atoms with Gasteiger partial charge in [-0.05, 0) is 39.0 Å². The first-order valence-electron chi connectivity index (χ1n) is 6.84. The molecular formula is C15H19BrF3NO3. The fraction of sp³-hybridized carbons (Fsp3) is 0.533. The molecule has 0 bridgehead atoms. The van der Waals surface area contributed by atoms with Crippen molar-refractivity contribution in [3.8, 4) is 5.75 Å². The first-order chi connectivity index (χ1) is 10.4. The standard InChI is InChI=1S/C15H19BrF3NO3/c1-14(2,3)23-13(21)20(4)7-8-22-12-6-5-10(16)9-11(12)15(17,18)19/h5-6,9H,7-8H2,1-4H3. The lowest BCUT2D eigenvalue weighted by atomic mass is 10.2. The lowest BCUT2D eigenvalue weighted by Gasteiger charge is -2.24. The zero-order chi connectivity index (χ0) is 17.8. The highest BCUT2D eigenvalue weighted by Crippen LogP contribution is 2.37. The van der Waals surface area contributed by atoms with E-state index in [0.29, 0.717) is 4.47 Å². The Balaban J connectivity index is 2.65. The summed E-state index contributed by atoms with van der Waals surface area (Å²) in [5.74, 6) is -0.279. The second-order valence-electron chi connectivity index (χ2n) is 5.89. The van der Waals surface area contributed by atoms with E-state index in [1.807, 2.05) is 0 Å². The predicted octanol–water partition coefficient (Wildman–Crippen LogP) is 4.71. The van der Waals surface area contributed by atoms with E-state index >= 15 is 0 Å². The fourth-order valence-electron chi connectivity index (χ4n) is 1.57. The second kappa shape index (κ2) is 7.42. The fourth-order valence-corrected chi connectivity index (χ4v) is 1.93. The van der Waals surface area contributed by atoms with Gasteiger partial charge >= 0.3 is 12.3 Å². The topological polar surface area (TPSA) is 38.8 Å². The predicted molar refractivity (Wildman–Crippen MR) is 83.5 cm³/mol. The minimum Gasteiger partial charge on any atom is -0.491 e. The summed E-state index contributed by atoms with van der Waals surface area (Å²) < 4.78 is 49.5. The Morgan fingerprint density at radius 3 is 2.39 bits per heavy atom. The Kier molecular flexibility index (Phi) is 6.33. The molecule has 0 heterocycles. The average Bonchev–Trinajstić information content (AvgIpc) is 2.37. The van der Waals surface area contributed by atoms with Crippen molar-refractivity contribution >= 4 is 22.0 Å². The van der Waals surface area contributed by atoms with Crippen LogP contribution in [0.15, 0.2) is 22.7 Å². The van der Waals surface area contributed by atoms with E-state index in [1.54, 1.807) is 20.8 Å². The van der Waals surface area contributed by atoms with E-state index in [4.69, 9.17) is 9.47 Å². The average molecular weight is 398 g/mol. The molecule has 0 saturated heterocycles. The Labute approximate surface area is 141 Å². The maximum Gasteiger partial charge on any atom is 0.420 e. The number of hydrogen-bond acceptors (Lipinski definition) is 3. The summed E-state index contributed by atoms with van der Waals surface area (Å²) in [6.07, 6.45) is -5.08. The van der Waals surface area contributed by atoms with E-state index < -0.39 is 23.4 Å². The zero-order valence-electron chi connectivity index (χ0n) is 13.3. The van der Waals surface area contributed by atoms with Crippen LogP contribution in [-0.4, -0.2) is 36.8 Å². The maximum atomic E-state index is 12.9. The molecule has 0 aliphatic heterocycles. The van der Waals surface area contributed by atoms with Crippen LogP contribution in [0.25, 0.3) is 0 Å². The molecule has 8 heteroatoms. The SMILES string of the molecule is CN(CCOc1ccc(Br)cc1C(F)(F)F)C(=O)OC(C)(C)C. The third-order valence-corrected chi connectivity index (χ3v) is 3.13. The molecule has 0 spiro atoms. The van der Waals surface area contributed by atoms with Gasteiger partial charge in [0.15, 0.2) is 0 Å². The molecule has 23 heavy (non-hydrogen) atoms. The van der Waals surface area contributed by atoms with Gasteiger partial charge in [0.1, 0.15) is 18.0 Å². The number of halogens is 4. The minimum absolute atomic E-state index is 0.0829. The molecule has 0 atom stereocenters. The number of likely N-dealkylation sites (N-methyl/N-ethyl adjacent to an activating group) is 1. The molecule has 0 radical (unpaired) electrons. The number of carbonyl (C=O) groups excluding carboxylic acids is 1. The van der Waals surface area contributed by atoms with Gasteiger partial charge in [0.25, 0.3) is 0 Å². The van der Waals surface area contributed by atoms with Gasteiger partial charge in [-0.25, -0.2) is 4.79 Å². The third kappa shape index (κ3) is 6.68. The quantitative estimate of drug-likeness (QED) is 0.737. The first kappa shape index (κ1) is 19.6. The van der Waals surface area contributed by atoms with Crippen LogP contribution in [0.1, 0.15) is 26.3 Å². The number of ether oxygens (including phenoxy) is 2. The number of alkyl halides is 3. The van der Waals surface area contributed by atoms with Gasteiger partial charge in [-0.3, -0.25) is 0 Å². The molecule has 4 nitrogen and oxygen atoms in total. The number of benzene rings is 1. The largest absolute Gasteiger partial charge is 0.491 e.